The Balaban J connectivity index is 0.000000361. The molecule has 10 heteroatoms. The molecule has 0 aromatic rings. The summed E-state index contributed by atoms with van der Waals surface area (Å²) in [6.45, 7) is 0.914. The fraction of sp³-hybridized carbons (Fsp3) is 0.800. The molecule has 8 N–H and O–H groups in total. The molecule has 0 radical (unpaired) electrons. The maximum Gasteiger partial charge on any atom is 0.335 e. The van der Waals surface area contributed by atoms with Crippen molar-refractivity contribution >= 4 is 11.9 Å². The minimum atomic E-state index is -2.27. The Morgan fingerprint density at radius 2 is 1.50 bits per heavy atom. The molecule has 118 valence electrons. The molecule has 5 atom stereocenters. The highest BCUT2D eigenvalue weighted by molar-refractivity contribution is 5.83. The largest absolute Gasteiger partial charge is 0.479 e. The van der Waals surface area contributed by atoms with Gasteiger partial charge in [0.2, 0.25) is 0 Å². The molecule has 0 aromatic heterocycles. The van der Waals surface area contributed by atoms with Gasteiger partial charge in [0.1, 0.15) is 0 Å². The second kappa shape index (κ2) is 8.79. The predicted octanol–water partition coefficient (Wildman–Crippen LogP) is -4.20. The first-order chi connectivity index (χ1) is 9.22. The van der Waals surface area contributed by atoms with Crippen molar-refractivity contribution in [1.29, 1.82) is 0 Å². The summed E-state index contributed by atoms with van der Waals surface area (Å²) in [6.07, 6.45) is -6.04. The van der Waals surface area contributed by atoms with Gasteiger partial charge in [-0.2, -0.15) is 0 Å². The minimum absolute atomic E-state index is 0.0781. The summed E-state index contributed by atoms with van der Waals surface area (Å²) >= 11 is 0. The Morgan fingerprint density at radius 3 is 1.80 bits per heavy atom. The van der Waals surface area contributed by atoms with Crippen LogP contribution in [0.2, 0.25) is 0 Å². The summed E-state index contributed by atoms with van der Waals surface area (Å²) in [6, 6.07) is 0. The van der Waals surface area contributed by atoms with Crippen LogP contribution in [-0.4, -0.2) is 91.8 Å². The van der Waals surface area contributed by atoms with Crippen molar-refractivity contribution in [3.63, 3.8) is 0 Å². The molecule has 20 heavy (non-hydrogen) atoms. The van der Waals surface area contributed by atoms with Crippen LogP contribution in [0.25, 0.3) is 0 Å². The third-order valence-corrected chi connectivity index (χ3v) is 2.68. The normalized spacial score (nSPS) is 28.8. The lowest BCUT2D eigenvalue weighted by molar-refractivity contribution is -0.165. The van der Waals surface area contributed by atoms with Crippen LogP contribution in [-0.2, 0) is 9.59 Å². The molecule has 1 rings (SSSR count). The Hall–Kier alpha value is -1.30. The average Bonchev–Trinajstić information content (AvgIpc) is 2.40. The number of aliphatic hydroxyl groups excluding tert-OH is 5. The van der Waals surface area contributed by atoms with Crippen LogP contribution >= 0.6 is 0 Å². The van der Waals surface area contributed by atoms with Gasteiger partial charge in [-0.15, -0.1) is 0 Å². The molecule has 0 aromatic carbocycles. The number of β-amino-alcohol motifs (C(OH)–C–C–N with tert-alkyl or cyclic N) is 1. The summed E-state index contributed by atoms with van der Waals surface area (Å²) in [5.41, 5.74) is 0. The predicted molar refractivity (Wildman–Crippen MR) is 62.7 cm³/mol. The van der Waals surface area contributed by atoms with Crippen LogP contribution < -0.4 is 5.32 Å². The van der Waals surface area contributed by atoms with Crippen LogP contribution in [0, 0.1) is 5.92 Å². The maximum absolute atomic E-state index is 9.77. The third kappa shape index (κ3) is 5.77. The summed E-state index contributed by atoms with van der Waals surface area (Å²) in [4.78, 5) is 19.5. The molecule has 10 nitrogen and oxygen atoms in total. The Bertz CT molecular complexity index is 306. The smallest absolute Gasteiger partial charge is 0.335 e. The highest BCUT2D eigenvalue weighted by atomic mass is 16.4. The van der Waals surface area contributed by atoms with Crippen molar-refractivity contribution in [1.82, 2.24) is 5.32 Å². The van der Waals surface area contributed by atoms with Crippen LogP contribution in [0.1, 0.15) is 0 Å². The molecule has 5 unspecified atom stereocenters. The molecule has 0 bridgehead atoms. The van der Waals surface area contributed by atoms with Gasteiger partial charge in [-0.1, -0.05) is 0 Å². The van der Waals surface area contributed by atoms with Gasteiger partial charge in [-0.05, 0) is 0 Å². The highest BCUT2D eigenvalue weighted by Crippen LogP contribution is 2.10. The van der Waals surface area contributed by atoms with Crippen LogP contribution in [0.4, 0.5) is 0 Å². The molecule has 0 aliphatic carbocycles. The minimum Gasteiger partial charge on any atom is -0.479 e. The lowest BCUT2D eigenvalue weighted by atomic mass is 9.95. The first-order valence-electron chi connectivity index (χ1n) is 5.71. The Morgan fingerprint density at radius 1 is 1.05 bits per heavy atom. The van der Waals surface area contributed by atoms with Crippen LogP contribution in [0.3, 0.4) is 0 Å². The molecule has 1 aliphatic rings. The zero-order chi connectivity index (χ0) is 15.9. The van der Waals surface area contributed by atoms with Gasteiger partial charge >= 0.3 is 11.9 Å². The van der Waals surface area contributed by atoms with Gasteiger partial charge in [0.15, 0.2) is 12.2 Å². The molecule has 1 fully saturated rings. The Kier molecular flexibility index (Phi) is 8.22. The van der Waals surface area contributed by atoms with Crippen molar-refractivity contribution in [3.05, 3.63) is 0 Å². The van der Waals surface area contributed by atoms with E-state index in [0.29, 0.717) is 13.1 Å². The molecular weight excluding hydrogens is 278 g/mol. The number of hydrogen-bond acceptors (Lipinski definition) is 8. The van der Waals surface area contributed by atoms with Gasteiger partial charge in [-0.3, -0.25) is 0 Å². The maximum atomic E-state index is 9.77. The summed E-state index contributed by atoms with van der Waals surface area (Å²) < 4.78 is 0. The van der Waals surface area contributed by atoms with Crippen molar-refractivity contribution in [2.24, 2.45) is 5.92 Å². The quantitative estimate of drug-likeness (QED) is 0.252. The zero-order valence-corrected chi connectivity index (χ0v) is 10.5. The van der Waals surface area contributed by atoms with E-state index in [2.05, 4.69) is 5.32 Å². The monoisotopic (exact) mass is 297 g/mol. The zero-order valence-electron chi connectivity index (χ0n) is 10.5. The standard InChI is InChI=1S/C6H13NO3.C4H6O6/c8-3-4-1-7-2-5(9)6(4)10;5-1(3(7)8)2(6)4(9)10/h4-10H,1-3H2;1-2,5-6H,(H,7,8)(H,9,10). The van der Waals surface area contributed by atoms with E-state index < -0.39 is 36.4 Å². The lowest BCUT2D eigenvalue weighted by Gasteiger charge is -2.30. The number of aliphatic hydroxyl groups is 5. The van der Waals surface area contributed by atoms with Crippen LogP contribution in [0.5, 0.6) is 0 Å². The van der Waals surface area contributed by atoms with Crippen molar-refractivity contribution in [2.45, 2.75) is 24.4 Å². The van der Waals surface area contributed by atoms with E-state index in [0.717, 1.165) is 0 Å². The first kappa shape index (κ1) is 18.7. The number of hydrogen-bond donors (Lipinski definition) is 8. The van der Waals surface area contributed by atoms with Crippen LogP contribution in [0.15, 0.2) is 0 Å². The molecule has 1 aliphatic heterocycles. The van der Waals surface area contributed by atoms with E-state index in [-0.39, 0.29) is 12.5 Å². The van der Waals surface area contributed by atoms with E-state index in [1.165, 1.54) is 0 Å². The van der Waals surface area contributed by atoms with Crippen molar-refractivity contribution in [2.75, 3.05) is 19.7 Å². The van der Waals surface area contributed by atoms with Crippen molar-refractivity contribution in [3.8, 4) is 0 Å². The van der Waals surface area contributed by atoms with E-state index in [9.17, 15) is 14.7 Å². The van der Waals surface area contributed by atoms with E-state index in [1.807, 2.05) is 0 Å². The molecular formula is C10H19NO9. The Labute approximate surface area is 113 Å². The lowest BCUT2D eigenvalue weighted by Crippen LogP contribution is -2.51. The first-order valence-corrected chi connectivity index (χ1v) is 5.71. The van der Waals surface area contributed by atoms with Crippen molar-refractivity contribution < 1.29 is 45.3 Å². The second-order valence-electron chi connectivity index (χ2n) is 4.22. The number of carboxylic acids is 2. The van der Waals surface area contributed by atoms with E-state index in [1.54, 1.807) is 0 Å². The number of aliphatic carboxylic acids is 2. The van der Waals surface area contributed by atoms with Gasteiger partial charge in [-0.25, -0.2) is 9.59 Å². The number of carboxylic acid groups (broad SMARTS) is 2. The fourth-order valence-corrected chi connectivity index (χ4v) is 1.41. The molecule has 0 amide bonds. The SMILES string of the molecule is O=C(O)C(O)C(O)C(=O)O.OCC1CNCC(O)C1O. The van der Waals surface area contributed by atoms with E-state index in [4.69, 9.17) is 30.6 Å². The van der Waals surface area contributed by atoms with Gasteiger partial charge in [0, 0.05) is 25.6 Å². The second-order valence-corrected chi connectivity index (χ2v) is 4.22. The highest BCUT2D eigenvalue weighted by Gasteiger charge is 2.30. The topological polar surface area (TPSA) is 188 Å². The third-order valence-electron chi connectivity index (χ3n) is 2.68. The summed E-state index contributed by atoms with van der Waals surface area (Å²) in [5.74, 6) is -3.76. The van der Waals surface area contributed by atoms with E-state index >= 15 is 0 Å². The number of nitrogens with one attached hydrogen (secondary N) is 1. The number of rotatable bonds is 4. The van der Waals surface area contributed by atoms with Gasteiger partial charge in [0.25, 0.3) is 0 Å². The fourth-order valence-electron chi connectivity index (χ4n) is 1.41. The average molecular weight is 297 g/mol. The molecule has 0 saturated carbocycles. The molecule has 1 saturated heterocycles. The number of piperidine rings is 1. The molecule has 1 heterocycles. The molecule has 0 spiro atoms. The number of carbonyl (C=O) groups is 2. The van der Waals surface area contributed by atoms with Gasteiger partial charge < -0.3 is 41.1 Å². The van der Waals surface area contributed by atoms with Gasteiger partial charge in [0.05, 0.1) is 12.2 Å². The summed E-state index contributed by atoms with van der Waals surface area (Å²) in [7, 11) is 0. The summed E-state index contributed by atoms with van der Waals surface area (Å²) in [5, 5.41) is 62.3.